The normalized spacial score (nSPS) is 23.0. The summed E-state index contributed by atoms with van der Waals surface area (Å²) in [6.07, 6.45) is 3.04. The van der Waals surface area contributed by atoms with Crippen molar-refractivity contribution in [3.05, 3.63) is 24.3 Å². The summed E-state index contributed by atoms with van der Waals surface area (Å²) in [7, 11) is -3.47. The minimum absolute atomic E-state index is 0.219. The Kier molecular flexibility index (Phi) is 5.61. The fraction of sp³-hybridized carbons (Fsp3) is 0.600. The van der Waals surface area contributed by atoms with Crippen LogP contribution in [0.2, 0.25) is 0 Å². The molecular weight excluding hydrogens is 290 g/mol. The molecule has 2 rings (SSSR count). The Morgan fingerprint density at radius 1 is 1.19 bits per heavy atom. The van der Waals surface area contributed by atoms with Crippen LogP contribution >= 0.6 is 0 Å². The van der Waals surface area contributed by atoms with Crippen LogP contribution in [0.3, 0.4) is 0 Å². The number of hydrogen-bond acceptors (Lipinski definition) is 4. The molecule has 1 aromatic rings. The van der Waals surface area contributed by atoms with Crippen LogP contribution in [0.15, 0.2) is 29.2 Å². The van der Waals surface area contributed by atoms with Gasteiger partial charge in [0.2, 0.25) is 10.0 Å². The quantitative estimate of drug-likeness (QED) is 0.841. The van der Waals surface area contributed by atoms with E-state index in [0.29, 0.717) is 24.8 Å². The molecule has 0 amide bonds. The highest BCUT2D eigenvalue weighted by atomic mass is 32.2. The lowest BCUT2D eigenvalue weighted by molar-refractivity contribution is 0.109. The van der Waals surface area contributed by atoms with Crippen LogP contribution in [-0.4, -0.2) is 32.8 Å². The summed E-state index contributed by atoms with van der Waals surface area (Å²) in [4.78, 5) is 0.252. The fourth-order valence-electron chi connectivity index (χ4n) is 2.54. The lowest BCUT2D eigenvalue weighted by atomic mass is 9.88. The summed E-state index contributed by atoms with van der Waals surface area (Å²) >= 11 is 0. The van der Waals surface area contributed by atoms with E-state index in [1.165, 1.54) is 0 Å². The third-order valence-corrected chi connectivity index (χ3v) is 5.26. The summed E-state index contributed by atoms with van der Waals surface area (Å²) < 4.78 is 32.4. The first-order chi connectivity index (χ1) is 10.0. The Morgan fingerprint density at radius 3 is 2.38 bits per heavy atom. The first-order valence-electron chi connectivity index (χ1n) is 7.42. The molecule has 0 radical (unpaired) electrons. The van der Waals surface area contributed by atoms with Gasteiger partial charge in [-0.2, -0.15) is 0 Å². The third-order valence-electron chi connectivity index (χ3n) is 3.82. The van der Waals surface area contributed by atoms with Crippen molar-refractivity contribution in [1.29, 1.82) is 0 Å². The van der Waals surface area contributed by atoms with E-state index in [-0.39, 0.29) is 11.0 Å². The summed E-state index contributed by atoms with van der Waals surface area (Å²) in [6.45, 7) is 2.87. The van der Waals surface area contributed by atoms with Crippen LogP contribution in [0.25, 0.3) is 0 Å². The van der Waals surface area contributed by atoms with Crippen molar-refractivity contribution in [1.82, 2.24) is 4.72 Å². The number of rotatable bonds is 6. The Morgan fingerprint density at radius 2 is 1.81 bits per heavy atom. The van der Waals surface area contributed by atoms with Crippen molar-refractivity contribution in [3.8, 4) is 5.75 Å². The molecule has 0 bridgehead atoms. The molecule has 0 spiro atoms. The molecule has 21 heavy (non-hydrogen) atoms. The summed E-state index contributed by atoms with van der Waals surface area (Å²) in [5.41, 5.74) is 0. The molecule has 6 heteroatoms. The van der Waals surface area contributed by atoms with Gasteiger partial charge in [0.05, 0.1) is 17.6 Å². The van der Waals surface area contributed by atoms with E-state index < -0.39 is 10.0 Å². The number of nitrogens with one attached hydrogen (secondary N) is 1. The average Bonchev–Trinajstić information content (AvgIpc) is 2.48. The van der Waals surface area contributed by atoms with Gasteiger partial charge in [-0.15, -0.1) is 0 Å². The topological polar surface area (TPSA) is 75.6 Å². The van der Waals surface area contributed by atoms with Gasteiger partial charge in [0.15, 0.2) is 0 Å². The molecule has 0 saturated heterocycles. The van der Waals surface area contributed by atoms with Crippen molar-refractivity contribution >= 4 is 10.0 Å². The van der Waals surface area contributed by atoms with E-state index in [9.17, 15) is 13.5 Å². The predicted molar refractivity (Wildman–Crippen MR) is 80.8 cm³/mol. The van der Waals surface area contributed by atoms with Crippen molar-refractivity contribution in [2.75, 3.05) is 13.2 Å². The van der Waals surface area contributed by atoms with Gasteiger partial charge in [0.1, 0.15) is 5.75 Å². The zero-order chi connectivity index (χ0) is 15.3. The van der Waals surface area contributed by atoms with Crippen molar-refractivity contribution in [3.63, 3.8) is 0 Å². The van der Waals surface area contributed by atoms with E-state index in [1.54, 1.807) is 24.3 Å². The fourth-order valence-corrected chi connectivity index (χ4v) is 3.66. The van der Waals surface area contributed by atoms with Crippen molar-refractivity contribution in [2.24, 2.45) is 5.92 Å². The van der Waals surface area contributed by atoms with Gasteiger partial charge >= 0.3 is 0 Å². The number of hydrogen-bond donors (Lipinski definition) is 2. The van der Waals surface area contributed by atoms with Crippen molar-refractivity contribution < 1.29 is 18.3 Å². The molecule has 1 aromatic carbocycles. The van der Waals surface area contributed by atoms with Gasteiger partial charge in [-0.25, -0.2) is 13.1 Å². The third kappa shape index (κ3) is 4.69. The summed E-state index contributed by atoms with van der Waals surface area (Å²) in [5.74, 6) is 0.976. The number of sulfonamides is 1. The first kappa shape index (κ1) is 16.3. The van der Waals surface area contributed by atoms with Crippen LogP contribution < -0.4 is 9.46 Å². The molecule has 1 fully saturated rings. The molecule has 2 N–H and O–H groups in total. The number of aliphatic hydroxyl groups is 1. The number of ether oxygens (including phenoxy) is 1. The number of aliphatic hydroxyl groups excluding tert-OH is 1. The SMILES string of the molecule is CCOc1ccc(S(=O)(=O)NCC2CCC(O)CC2)cc1. The second kappa shape index (κ2) is 7.24. The van der Waals surface area contributed by atoms with E-state index in [0.717, 1.165) is 25.7 Å². The molecule has 1 aliphatic carbocycles. The zero-order valence-electron chi connectivity index (χ0n) is 12.3. The smallest absolute Gasteiger partial charge is 0.240 e. The van der Waals surface area contributed by atoms with Crippen LogP contribution in [0, 0.1) is 5.92 Å². The monoisotopic (exact) mass is 313 g/mol. The second-order valence-electron chi connectivity index (χ2n) is 5.43. The number of benzene rings is 1. The zero-order valence-corrected chi connectivity index (χ0v) is 13.1. The highest BCUT2D eigenvalue weighted by Gasteiger charge is 2.22. The van der Waals surface area contributed by atoms with Crippen molar-refractivity contribution in [2.45, 2.75) is 43.6 Å². The van der Waals surface area contributed by atoms with E-state index >= 15 is 0 Å². The molecule has 1 aliphatic rings. The molecule has 0 unspecified atom stereocenters. The molecule has 0 atom stereocenters. The van der Waals surface area contributed by atoms with Crippen LogP contribution in [0.5, 0.6) is 5.75 Å². The van der Waals surface area contributed by atoms with Gasteiger partial charge in [0.25, 0.3) is 0 Å². The highest BCUT2D eigenvalue weighted by molar-refractivity contribution is 7.89. The Balaban J connectivity index is 1.91. The molecule has 0 aromatic heterocycles. The summed E-state index contributed by atoms with van der Waals surface area (Å²) in [5, 5.41) is 9.45. The van der Waals surface area contributed by atoms with Gasteiger partial charge in [-0.05, 0) is 62.8 Å². The Labute approximate surface area is 126 Å². The maximum Gasteiger partial charge on any atom is 0.240 e. The van der Waals surface area contributed by atoms with E-state index in [1.807, 2.05) is 6.92 Å². The molecule has 1 saturated carbocycles. The van der Waals surface area contributed by atoms with Crippen LogP contribution in [0.1, 0.15) is 32.6 Å². The minimum Gasteiger partial charge on any atom is -0.494 e. The molecule has 5 nitrogen and oxygen atoms in total. The van der Waals surface area contributed by atoms with Gasteiger partial charge in [0, 0.05) is 6.54 Å². The average molecular weight is 313 g/mol. The Hall–Kier alpha value is -1.11. The molecule has 0 heterocycles. The minimum atomic E-state index is -3.47. The first-order valence-corrected chi connectivity index (χ1v) is 8.90. The maximum atomic E-state index is 12.2. The highest BCUT2D eigenvalue weighted by Crippen LogP contribution is 2.24. The van der Waals surface area contributed by atoms with Gasteiger partial charge < -0.3 is 9.84 Å². The largest absolute Gasteiger partial charge is 0.494 e. The standard InChI is InChI=1S/C15H23NO4S/c1-2-20-14-7-9-15(10-8-14)21(18,19)16-11-12-3-5-13(17)6-4-12/h7-10,12-13,16-17H,2-6,11H2,1H3. The molecular formula is C15H23NO4S. The summed E-state index contributed by atoms with van der Waals surface area (Å²) in [6, 6.07) is 6.43. The van der Waals surface area contributed by atoms with Crippen LogP contribution in [0.4, 0.5) is 0 Å². The molecule has 0 aliphatic heterocycles. The maximum absolute atomic E-state index is 12.2. The Bertz CT molecular complexity index is 533. The van der Waals surface area contributed by atoms with Crippen LogP contribution in [-0.2, 0) is 10.0 Å². The van der Waals surface area contributed by atoms with Gasteiger partial charge in [-0.1, -0.05) is 0 Å². The van der Waals surface area contributed by atoms with E-state index in [4.69, 9.17) is 4.74 Å². The lowest BCUT2D eigenvalue weighted by Gasteiger charge is -2.25. The lowest BCUT2D eigenvalue weighted by Crippen LogP contribution is -2.32. The second-order valence-corrected chi connectivity index (χ2v) is 7.20. The molecule has 118 valence electrons. The van der Waals surface area contributed by atoms with E-state index in [2.05, 4.69) is 4.72 Å². The van der Waals surface area contributed by atoms with Gasteiger partial charge in [-0.3, -0.25) is 0 Å². The predicted octanol–water partition coefficient (Wildman–Crippen LogP) is 1.91.